The van der Waals surface area contributed by atoms with Crippen LogP contribution in [0.4, 0.5) is 0 Å². The number of aryl methyl sites for hydroxylation is 3. The van der Waals surface area contributed by atoms with E-state index in [4.69, 9.17) is 9.60 Å². The van der Waals surface area contributed by atoms with Gasteiger partial charge in [0.25, 0.3) is 0 Å². The number of rotatable bonds is 2. The summed E-state index contributed by atoms with van der Waals surface area (Å²) in [6.07, 6.45) is 1.64. The van der Waals surface area contributed by atoms with E-state index in [9.17, 15) is 0 Å². The van der Waals surface area contributed by atoms with Gasteiger partial charge in [-0.1, -0.05) is 31.5 Å². The molecule has 18 heavy (non-hydrogen) atoms. The maximum absolute atomic E-state index is 8.19. The lowest BCUT2D eigenvalue weighted by Crippen LogP contribution is -2.31. The van der Waals surface area contributed by atoms with Gasteiger partial charge >= 0.3 is 0 Å². The minimum absolute atomic E-state index is 0.286. The van der Waals surface area contributed by atoms with Crippen molar-refractivity contribution < 1.29 is 14.2 Å². The molecule has 0 aliphatic rings. The van der Waals surface area contributed by atoms with E-state index in [0.29, 0.717) is 5.56 Å². The van der Waals surface area contributed by atoms with Crippen LogP contribution in [0.5, 0.6) is 0 Å². The van der Waals surface area contributed by atoms with Gasteiger partial charge in [-0.2, -0.15) is 0 Å². The normalized spacial score (nSPS) is 21.4. The Balaban J connectivity index is 2.50. The van der Waals surface area contributed by atoms with Crippen LogP contribution in [0.15, 0.2) is 36.5 Å². The van der Waals surface area contributed by atoms with Crippen LogP contribution in [0.1, 0.15) is 46.0 Å². The molecule has 0 saturated carbocycles. The summed E-state index contributed by atoms with van der Waals surface area (Å²) in [5.41, 5.74) is 3.19. The second-order valence-corrected chi connectivity index (χ2v) is 4.57. The van der Waals surface area contributed by atoms with Gasteiger partial charge in [-0.3, -0.25) is 0 Å². The molecule has 1 aromatic heterocycles. The highest BCUT2D eigenvalue weighted by molar-refractivity contribution is 5.61. The average Bonchev–Trinajstić information content (AvgIpc) is 2.45. The Hall–Kier alpha value is -1.63. The summed E-state index contributed by atoms with van der Waals surface area (Å²) >= 11 is 0. The molecule has 0 fully saturated rings. The van der Waals surface area contributed by atoms with Gasteiger partial charge in [0.15, 0.2) is 6.20 Å². The minimum atomic E-state index is -2.43. The van der Waals surface area contributed by atoms with Gasteiger partial charge < -0.3 is 0 Å². The zero-order chi connectivity index (χ0) is 19.2. The van der Waals surface area contributed by atoms with Crippen molar-refractivity contribution in [2.24, 2.45) is 7.05 Å². The Labute approximate surface area is 120 Å². The van der Waals surface area contributed by atoms with E-state index >= 15 is 0 Å². The highest BCUT2D eigenvalue weighted by Gasteiger charge is 2.13. The first-order valence-corrected chi connectivity index (χ1v) is 5.87. The van der Waals surface area contributed by atoms with Gasteiger partial charge in [0.2, 0.25) is 5.69 Å². The Morgan fingerprint density at radius 3 is 2.72 bits per heavy atom. The molecule has 0 N–H and O–H groups in total. The molecule has 0 amide bonds. The molecule has 0 aliphatic heterocycles. The molecule has 1 atom stereocenters. The maximum Gasteiger partial charge on any atom is 0.212 e. The van der Waals surface area contributed by atoms with Crippen molar-refractivity contribution in [2.45, 2.75) is 33.4 Å². The second-order valence-electron chi connectivity index (χ2n) is 4.57. The zero-order valence-electron chi connectivity index (χ0n) is 17.9. The van der Waals surface area contributed by atoms with Crippen LogP contribution in [-0.2, 0) is 7.05 Å². The predicted molar refractivity (Wildman–Crippen MR) is 76.6 cm³/mol. The summed E-state index contributed by atoms with van der Waals surface area (Å²) in [6, 6.07) is 8.40. The highest BCUT2D eigenvalue weighted by Crippen LogP contribution is 2.22. The van der Waals surface area contributed by atoms with E-state index in [-0.39, 0.29) is 5.56 Å². The van der Waals surface area contributed by atoms with E-state index in [2.05, 4.69) is 0 Å². The van der Waals surface area contributed by atoms with E-state index in [1.54, 1.807) is 48.1 Å². The fourth-order valence-electron chi connectivity index (χ4n) is 2.06. The third-order valence-electron chi connectivity index (χ3n) is 3.07. The lowest BCUT2D eigenvalue weighted by atomic mass is 10.00. The first-order chi connectivity index (χ1) is 11.2. The third kappa shape index (κ3) is 2.45. The molecule has 1 unspecified atom stereocenters. The molecule has 2 rings (SSSR count). The van der Waals surface area contributed by atoms with Crippen molar-refractivity contribution in [3.8, 4) is 11.3 Å². The number of pyridine rings is 1. The Morgan fingerprint density at radius 1 is 1.28 bits per heavy atom. The number of benzene rings is 1. The molecular formula is C17H22N+. The van der Waals surface area contributed by atoms with E-state index in [1.165, 1.54) is 6.92 Å². The molecule has 1 heterocycles. The van der Waals surface area contributed by atoms with E-state index in [1.807, 2.05) is 6.92 Å². The molecule has 2 aromatic rings. The predicted octanol–water partition coefficient (Wildman–Crippen LogP) is 3.92. The zero-order valence-corrected chi connectivity index (χ0v) is 10.9. The van der Waals surface area contributed by atoms with Gasteiger partial charge in [-0.05, 0) is 37.4 Å². The Bertz CT molecular complexity index is 789. The monoisotopic (exact) mass is 247 g/mol. The Kier molecular flexibility index (Phi) is 1.78. The summed E-state index contributed by atoms with van der Waals surface area (Å²) in [7, 11) is 1.78. The summed E-state index contributed by atoms with van der Waals surface area (Å²) < 4.78 is 55.1. The third-order valence-corrected chi connectivity index (χ3v) is 3.07. The molecule has 0 aliphatic carbocycles. The number of hydrogen-bond donors (Lipinski definition) is 0. The van der Waals surface area contributed by atoms with Crippen LogP contribution in [0, 0.1) is 13.8 Å². The van der Waals surface area contributed by atoms with Crippen LogP contribution in [0.3, 0.4) is 0 Å². The molecular weight excluding hydrogens is 218 g/mol. The summed E-state index contributed by atoms with van der Waals surface area (Å²) in [6.45, 7) is -1.36. The van der Waals surface area contributed by atoms with Crippen molar-refractivity contribution in [1.29, 1.82) is 0 Å². The smallest absolute Gasteiger partial charge is 0.201 e. The van der Waals surface area contributed by atoms with Crippen molar-refractivity contribution in [3.05, 3.63) is 53.2 Å². The lowest BCUT2D eigenvalue weighted by molar-refractivity contribution is -0.660. The van der Waals surface area contributed by atoms with Gasteiger partial charge in [0.1, 0.15) is 7.05 Å². The fraction of sp³-hybridized carbons (Fsp3) is 0.353. The van der Waals surface area contributed by atoms with Crippen molar-refractivity contribution in [1.82, 2.24) is 0 Å². The summed E-state index contributed by atoms with van der Waals surface area (Å²) in [5, 5.41) is 0. The van der Waals surface area contributed by atoms with Gasteiger partial charge in [0.05, 0.1) is 0 Å². The van der Waals surface area contributed by atoms with Crippen LogP contribution in [-0.4, -0.2) is 0 Å². The molecule has 0 saturated heterocycles. The standard InChI is InChI=1S/C17H22N/c1-12(2)15-7-9-17(18(5)11-15)16-8-6-13(3)10-14(16)4/h6-12H,1-5H3/q+1/i1D3,3D3,12D. The first kappa shape index (κ1) is 6.51. The van der Waals surface area contributed by atoms with Crippen molar-refractivity contribution in [2.75, 3.05) is 0 Å². The first-order valence-electron chi connectivity index (χ1n) is 9.37. The van der Waals surface area contributed by atoms with E-state index in [0.717, 1.165) is 16.8 Å². The molecule has 0 radical (unpaired) electrons. The summed E-state index contributed by atoms with van der Waals surface area (Å²) in [5.74, 6) is -1.70. The second kappa shape index (κ2) is 4.93. The number of hydrogen-bond acceptors (Lipinski definition) is 0. The van der Waals surface area contributed by atoms with E-state index < -0.39 is 19.6 Å². The number of nitrogens with zero attached hydrogens (tertiary/aromatic N) is 1. The molecule has 1 aromatic carbocycles. The molecule has 0 bridgehead atoms. The largest absolute Gasteiger partial charge is 0.212 e. The topological polar surface area (TPSA) is 3.88 Å². The van der Waals surface area contributed by atoms with Crippen molar-refractivity contribution >= 4 is 0 Å². The molecule has 1 heteroatoms. The van der Waals surface area contributed by atoms with Crippen LogP contribution in [0.25, 0.3) is 11.3 Å². The minimum Gasteiger partial charge on any atom is -0.201 e. The van der Waals surface area contributed by atoms with Crippen molar-refractivity contribution in [3.63, 3.8) is 0 Å². The molecule has 94 valence electrons. The van der Waals surface area contributed by atoms with Crippen LogP contribution in [0.2, 0.25) is 0 Å². The molecule has 0 spiro atoms. The van der Waals surface area contributed by atoms with Gasteiger partial charge in [0, 0.05) is 26.8 Å². The molecule has 1 nitrogen and oxygen atoms in total. The number of aromatic nitrogens is 1. The quantitative estimate of drug-likeness (QED) is 0.708. The lowest BCUT2D eigenvalue weighted by Gasteiger charge is -2.08. The highest BCUT2D eigenvalue weighted by atomic mass is 14.9. The fourth-order valence-corrected chi connectivity index (χ4v) is 2.06. The SMILES string of the molecule is [2H]C([2H])([2H])c1ccc(-c2ccc(C([2H])(C)C([2H])([2H])[2H])c[n+]2C)c(C)c1. The maximum atomic E-state index is 8.19. The summed E-state index contributed by atoms with van der Waals surface area (Å²) in [4.78, 5) is 0. The van der Waals surface area contributed by atoms with Crippen LogP contribution >= 0.6 is 0 Å². The van der Waals surface area contributed by atoms with Gasteiger partial charge in [-0.25, -0.2) is 4.57 Å². The van der Waals surface area contributed by atoms with Gasteiger partial charge in [-0.15, -0.1) is 0 Å². The average molecular weight is 247 g/mol. The van der Waals surface area contributed by atoms with Crippen LogP contribution < -0.4 is 4.57 Å². The Morgan fingerprint density at radius 2 is 2.11 bits per heavy atom.